The Balaban J connectivity index is 1.85. The van der Waals surface area contributed by atoms with Crippen molar-refractivity contribution in [2.24, 2.45) is 5.92 Å². The highest BCUT2D eigenvalue weighted by Gasteiger charge is 2.38. The first-order valence-electron chi connectivity index (χ1n) is 9.05. The molecular formula is C20H24NO4-. The highest BCUT2D eigenvalue weighted by Crippen LogP contribution is 2.44. The molecule has 0 heterocycles. The minimum absolute atomic E-state index is 0.205. The number of carbonyl (C=O) groups excluding carboxylic acids is 1. The first-order valence-corrected chi connectivity index (χ1v) is 9.05. The van der Waals surface area contributed by atoms with Crippen LogP contribution in [0.2, 0.25) is 0 Å². The summed E-state index contributed by atoms with van der Waals surface area (Å²) in [6.45, 7) is 0. The molecule has 0 unspecified atom stereocenters. The van der Waals surface area contributed by atoms with Crippen LogP contribution in [0.25, 0.3) is 0 Å². The first-order chi connectivity index (χ1) is 12.1. The van der Waals surface area contributed by atoms with Crippen molar-refractivity contribution in [3.05, 3.63) is 23.8 Å². The van der Waals surface area contributed by atoms with E-state index < -0.39 is 17.3 Å². The van der Waals surface area contributed by atoms with Crippen LogP contribution >= 0.6 is 0 Å². The lowest BCUT2D eigenvalue weighted by molar-refractivity contribution is -0.312. The molecule has 0 amide bonds. The number of carboxylic acids is 1. The van der Waals surface area contributed by atoms with E-state index in [1.54, 1.807) is 7.11 Å². The van der Waals surface area contributed by atoms with Crippen LogP contribution in [0.3, 0.4) is 0 Å². The fourth-order valence-electron chi connectivity index (χ4n) is 4.06. The summed E-state index contributed by atoms with van der Waals surface area (Å²) in [4.78, 5) is 11.1. The van der Waals surface area contributed by atoms with Crippen LogP contribution in [0.4, 0.5) is 0 Å². The van der Waals surface area contributed by atoms with Gasteiger partial charge in [0.1, 0.15) is 0 Å². The number of hydrogen-bond acceptors (Lipinski definition) is 5. The van der Waals surface area contributed by atoms with Gasteiger partial charge in [0.05, 0.1) is 24.7 Å². The molecule has 1 aromatic rings. The van der Waals surface area contributed by atoms with Gasteiger partial charge >= 0.3 is 0 Å². The van der Waals surface area contributed by atoms with Gasteiger partial charge in [-0.1, -0.05) is 6.07 Å². The Kier molecular flexibility index (Phi) is 5.17. The van der Waals surface area contributed by atoms with E-state index in [9.17, 15) is 15.2 Å². The molecule has 2 saturated carbocycles. The van der Waals surface area contributed by atoms with Crippen molar-refractivity contribution >= 4 is 5.97 Å². The van der Waals surface area contributed by atoms with E-state index in [0.29, 0.717) is 37.2 Å². The molecule has 0 aromatic heterocycles. The molecule has 0 radical (unpaired) electrons. The maximum Gasteiger partial charge on any atom is 0.161 e. The van der Waals surface area contributed by atoms with Gasteiger partial charge in [0.2, 0.25) is 0 Å². The fourth-order valence-corrected chi connectivity index (χ4v) is 4.06. The van der Waals surface area contributed by atoms with E-state index in [4.69, 9.17) is 9.47 Å². The molecule has 0 atom stereocenters. The van der Waals surface area contributed by atoms with E-state index >= 15 is 0 Å². The van der Waals surface area contributed by atoms with Crippen LogP contribution in [-0.4, -0.2) is 19.2 Å². The second-order valence-corrected chi connectivity index (χ2v) is 7.18. The Hall–Kier alpha value is -2.22. The number of rotatable bonds is 5. The van der Waals surface area contributed by atoms with Crippen LogP contribution in [0.15, 0.2) is 18.2 Å². The molecule has 2 fully saturated rings. The lowest BCUT2D eigenvalue weighted by Crippen LogP contribution is -2.38. The Morgan fingerprint density at radius 1 is 1.20 bits per heavy atom. The van der Waals surface area contributed by atoms with Crippen molar-refractivity contribution in [2.45, 2.75) is 62.9 Å². The summed E-state index contributed by atoms with van der Waals surface area (Å²) in [5.41, 5.74) is 0.229. The van der Waals surface area contributed by atoms with Gasteiger partial charge in [-0.15, -0.1) is 0 Å². The number of aliphatic carboxylic acids is 1. The highest BCUT2D eigenvalue weighted by atomic mass is 16.5. The van der Waals surface area contributed by atoms with E-state index in [1.165, 1.54) is 12.8 Å². The van der Waals surface area contributed by atoms with E-state index in [1.807, 2.05) is 18.2 Å². The van der Waals surface area contributed by atoms with Crippen LogP contribution in [0.1, 0.15) is 56.9 Å². The molecule has 0 aliphatic heterocycles. The number of ether oxygens (including phenoxy) is 2. The van der Waals surface area contributed by atoms with Gasteiger partial charge in [0.15, 0.2) is 11.5 Å². The van der Waals surface area contributed by atoms with Crippen molar-refractivity contribution in [2.75, 3.05) is 7.11 Å². The topological polar surface area (TPSA) is 82.4 Å². The molecule has 3 rings (SSSR count). The van der Waals surface area contributed by atoms with Crippen molar-refractivity contribution in [1.82, 2.24) is 0 Å². The molecule has 5 heteroatoms. The lowest BCUT2D eigenvalue weighted by atomic mass is 9.67. The maximum atomic E-state index is 11.1. The second kappa shape index (κ2) is 7.35. The predicted molar refractivity (Wildman–Crippen MR) is 90.1 cm³/mol. The summed E-state index contributed by atoms with van der Waals surface area (Å²) in [7, 11) is 1.61. The monoisotopic (exact) mass is 342 g/mol. The summed E-state index contributed by atoms with van der Waals surface area (Å²) in [5.74, 6) is -0.101. The summed E-state index contributed by atoms with van der Waals surface area (Å²) in [6, 6.07) is 8.11. The second-order valence-electron chi connectivity index (χ2n) is 7.18. The zero-order chi connectivity index (χ0) is 17.9. The van der Waals surface area contributed by atoms with E-state index in [0.717, 1.165) is 18.4 Å². The van der Waals surface area contributed by atoms with Crippen LogP contribution < -0.4 is 14.6 Å². The van der Waals surface area contributed by atoms with Crippen molar-refractivity contribution in [3.8, 4) is 17.6 Å². The molecule has 0 bridgehead atoms. The SMILES string of the molecule is COc1ccc(C2(C#N)CCC(C(=O)[O-])CC2)cc1OC1CCCC1. The van der Waals surface area contributed by atoms with Crippen molar-refractivity contribution in [3.63, 3.8) is 0 Å². The zero-order valence-corrected chi connectivity index (χ0v) is 14.6. The third-order valence-electron chi connectivity index (χ3n) is 5.70. The van der Waals surface area contributed by atoms with Gasteiger partial charge in [-0.2, -0.15) is 5.26 Å². The van der Waals surface area contributed by atoms with Gasteiger partial charge in [-0.25, -0.2) is 0 Å². The average Bonchev–Trinajstić information content (AvgIpc) is 3.14. The van der Waals surface area contributed by atoms with Gasteiger partial charge < -0.3 is 19.4 Å². The van der Waals surface area contributed by atoms with Crippen LogP contribution in [-0.2, 0) is 10.2 Å². The molecule has 25 heavy (non-hydrogen) atoms. The smallest absolute Gasteiger partial charge is 0.161 e. The minimum Gasteiger partial charge on any atom is -0.550 e. The molecule has 2 aliphatic rings. The number of nitriles is 1. The molecular weight excluding hydrogens is 318 g/mol. The number of nitrogens with zero attached hydrogens (tertiary/aromatic N) is 1. The average molecular weight is 342 g/mol. The normalized spacial score (nSPS) is 26.8. The van der Waals surface area contributed by atoms with Gasteiger partial charge in [-0.3, -0.25) is 0 Å². The Bertz CT molecular complexity index is 665. The first kappa shape index (κ1) is 17.6. The van der Waals surface area contributed by atoms with Crippen LogP contribution in [0, 0.1) is 17.2 Å². The number of benzene rings is 1. The Morgan fingerprint density at radius 2 is 1.88 bits per heavy atom. The van der Waals surface area contributed by atoms with Gasteiger partial charge in [0.25, 0.3) is 0 Å². The van der Waals surface area contributed by atoms with Crippen molar-refractivity contribution < 1.29 is 19.4 Å². The van der Waals surface area contributed by atoms with Crippen LogP contribution in [0.5, 0.6) is 11.5 Å². The number of carbonyl (C=O) groups is 1. The molecule has 0 N–H and O–H groups in total. The third kappa shape index (κ3) is 3.58. The molecule has 5 nitrogen and oxygen atoms in total. The summed E-state index contributed by atoms with van der Waals surface area (Å²) in [5, 5.41) is 20.9. The predicted octanol–water partition coefficient (Wildman–Crippen LogP) is 2.72. The summed E-state index contributed by atoms with van der Waals surface area (Å²) < 4.78 is 11.6. The Labute approximate surface area is 148 Å². The number of carboxylic acid groups (broad SMARTS) is 1. The van der Waals surface area contributed by atoms with E-state index in [2.05, 4.69) is 6.07 Å². The quantitative estimate of drug-likeness (QED) is 0.821. The molecule has 2 aliphatic carbocycles. The van der Waals surface area contributed by atoms with Gasteiger partial charge in [0, 0.05) is 5.97 Å². The largest absolute Gasteiger partial charge is 0.550 e. The minimum atomic E-state index is -1.01. The third-order valence-corrected chi connectivity index (χ3v) is 5.70. The van der Waals surface area contributed by atoms with Crippen molar-refractivity contribution in [1.29, 1.82) is 5.26 Å². The zero-order valence-electron chi connectivity index (χ0n) is 14.6. The standard InChI is InChI=1S/C20H25NO4/c1-24-17-7-6-15(12-18(17)25-16-4-2-3-5-16)20(13-21)10-8-14(9-11-20)19(22)23/h6-7,12,14,16H,2-5,8-11H2,1H3,(H,22,23)/p-1. The lowest BCUT2D eigenvalue weighted by Gasteiger charge is -2.36. The summed E-state index contributed by atoms with van der Waals surface area (Å²) in [6.07, 6.45) is 6.65. The number of hydrogen-bond donors (Lipinski definition) is 0. The van der Waals surface area contributed by atoms with Gasteiger partial charge in [-0.05, 0) is 75.0 Å². The fraction of sp³-hybridized carbons (Fsp3) is 0.600. The molecule has 134 valence electrons. The molecule has 1 aromatic carbocycles. The highest BCUT2D eigenvalue weighted by molar-refractivity contribution is 5.68. The molecule has 0 spiro atoms. The Morgan fingerprint density at radius 3 is 2.44 bits per heavy atom. The maximum absolute atomic E-state index is 11.1. The number of methoxy groups -OCH3 is 1. The summed E-state index contributed by atoms with van der Waals surface area (Å²) >= 11 is 0. The van der Waals surface area contributed by atoms with E-state index in [-0.39, 0.29) is 6.10 Å². The molecule has 0 saturated heterocycles.